The highest BCUT2D eigenvalue weighted by atomic mass is 35.5. The van der Waals surface area contributed by atoms with E-state index in [2.05, 4.69) is 15.5 Å². The van der Waals surface area contributed by atoms with E-state index < -0.39 is 0 Å². The van der Waals surface area contributed by atoms with Crippen molar-refractivity contribution in [2.24, 2.45) is 11.7 Å². The molecule has 16 heavy (non-hydrogen) atoms. The van der Waals surface area contributed by atoms with Crippen molar-refractivity contribution in [3.8, 4) is 0 Å². The number of hydrogen-bond donors (Lipinski definition) is 2. The third-order valence-electron chi connectivity index (χ3n) is 2.18. The maximum absolute atomic E-state index is 11.5. The predicted octanol–water partition coefficient (Wildman–Crippen LogP) is 1.44. The summed E-state index contributed by atoms with van der Waals surface area (Å²) in [6.07, 6.45) is 0.266. The van der Waals surface area contributed by atoms with Crippen LogP contribution >= 0.6 is 11.6 Å². The summed E-state index contributed by atoms with van der Waals surface area (Å²) in [5.74, 6) is 0.477. The molecule has 0 spiro atoms. The summed E-state index contributed by atoms with van der Waals surface area (Å²) < 4.78 is 0. The van der Waals surface area contributed by atoms with Crippen LogP contribution in [0.3, 0.4) is 0 Å². The lowest BCUT2D eigenvalue weighted by Crippen LogP contribution is -2.31. The molecule has 88 valence electrons. The van der Waals surface area contributed by atoms with Gasteiger partial charge in [-0.05, 0) is 18.1 Å². The molecule has 0 aliphatic rings. The van der Waals surface area contributed by atoms with Crippen LogP contribution in [-0.2, 0) is 4.79 Å². The smallest absolute Gasteiger partial charge is 0.227 e. The van der Waals surface area contributed by atoms with Crippen molar-refractivity contribution in [3.63, 3.8) is 0 Å². The predicted molar refractivity (Wildman–Crippen MR) is 63.1 cm³/mol. The lowest BCUT2D eigenvalue weighted by Gasteiger charge is -2.14. The first kappa shape index (κ1) is 12.9. The number of nitrogens with two attached hydrogens (primary N) is 1. The summed E-state index contributed by atoms with van der Waals surface area (Å²) in [6, 6.07) is 3.00. The first-order valence-electron chi connectivity index (χ1n) is 5.03. The van der Waals surface area contributed by atoms with Gasteiger partial charge in [-0.15, -0.1) is 10.2 Å². The van der Waals surface area contributed by atoms with Crippen LogP contribution in [0.4, 0.5) is 5.82 Å². The molecule has 1 amide bonds. The Balaban J connectivity index is 2.48. The summed E-state index contributed by atoms with van der Waals surface area (Å²) >= 11 is 5.57. The molecule has 1 heterocycles. The number of nitrogens with one attached hydrogen (secondary N) is 1. The van der Waals surface area contributed by atoms with Crippen molar-refractivity contribution in [2.45, 2.75) is 26.3 Å². The van der Waals surface area contributed by atoms with Gasteiger partial charge in [-0.2, -0.15) is 0 Å². The Labute approximate surface area is 99.4 Å². The van der Waals surface area contributed by atoms with Crippen LogP contribution in [0.25, 0.3) is 0 Å². The maximum Gasteiger partial charge on any atom is 0.227 e. The lowest BCUT2D eigenvalue weighted by molar-refractivity contribution is -0.116. The summed E-state index contributed by atoms with van der Waals surface area (Å²) in [7, 11) is 0. The summed E-state index contributed by atoms with van der Waals surface area (Å²) in [6.45, 7) is 3.94. The van der Waals surface area contributed by atoms with Crippen LogP contribution in [0.5, 0.6) is 0 Å². The molecule has 1 aromatic heterocycles. The Morgan fingerprint density at radius 2 is 2.19 bits per heavy atom. The van der Waals surface area contributed by atoms with Crippen LogP contribution in [0, 0.1) is 5.92 Å². The van der Waals surface area contributed by atoms with Gasteiger partial charge in [0, 0.05) is 12.5 Å². The maximum atomic E-state index is 11.5. The number of anilines is 1. The van der Waals surface area contributed by atoms with Gasteiger partial charge < -0.3 is 11.1 Å². The normalized spacial score (nSPS) is 12.6. The summed E-state index contributed by atoms with van der Waals surface area (Å²) in [4.78, 5) is 11.5. The SMILES string of the molecule is CC(C)C(N)CC(=O)Nc1ccc(Cl)nn1. The van der Waals surface area contributed by atoms with Crippen molar-refractivity contribution < 1.29 is 4.79 Å². The monoisotopic (exact) mass is 242 g/mol. The molecular formula is C10H15ClN4O. The third-order valence-corrected chi connectivity index (χ3v) is 2.38. The van der Waals surface area contributed by atoms with Crippen molar-refractivity contribution in [2.75, 3.05) is 5.32 Å². The van der Waals surface area contributed by atoms with E-state index in [0.717, 1.165) is 0 Å². The highest BCUT2D eigenvalue weighted by Gasteiger charge is 2.13. The van der Waals surface area contributed by atoms with E-state index >= 15 is 0 Å². The van der Waals surface area contributed by atoms with E-state index in [1.54, 1.807) is 12.1 Å². The number of carbonyl (C=O) groups is 1. The molecule has 6 heteroatoms. The second-order valence-electron chi connectivity index (χ2n) is 3.90. The van der Waals surface area contributed by atoms with Gasteiger partial charge in [0.1, 0.15) is 0 Å². The molecule has 0 radical (unpaired) electrons. The Morgan fingerprint density at radius 3 is 2.69 bits per heavy atom. The zero-order chi connectivity index (χ0) is 12.1. The standard InChI is InChI=1S/C10H15ClN4O/c1-6(2)7(12)5-10(16)13-9-4-3-8(11)14-15-9/h3-4,6-7H,5,12H2,1-2H3,(H,13,15,16). The second kappa shape index (κ2) is 5.77. The minimum absolute atomic E-state index is 0.153. The van der Waals surface area contributed by atoms with E-state index in [9.17, 15) is 4.79 Å². The molecule has 1 aromatic rings. The number of aromatic nitrogens is 2. The largest absolute Gasteiger partial charge is 0.327 e. The zero-order valence-electron chi connectivity index (χ0n) is 9.27. The lowest BCUT2D eigenvalue weighted by atomic mass is 10.0. The highest BCUT2D eigenvalue weighted by Crippen LogP contribution is 2.08. The van der Waals surface area contributed by atoms with Crippen LogP contribution in [0.2, 0.25) is 5.15 Å². The fourth-order valence-electron chi connectivity index (χ4n) is 1.03. The van der Waals surface area contributed by atoms with Gasteiger partial charge in [-0.1, -0.05) is 25.4 Å². The summed E-state index contributed by atoms with van der Waals surface area (Å²) in [5, 5.41) is 10.2. The molecule has 0 fully saturated rings. The van der Waals surface area contributed by atoms with Crippen molar-refractivity contribution in [1.82, 2.24) is 10.2 Å². The number of carbonyl (C=O) groups excluding carboxylic acids is 1. The number of rotatable bonds is 4. The van der Waals surface area contributed by atoms with Gasteiger partial charge in [0.15, 0.2) is 11.0 Å². The van der Waals surface area contributed by atoms with E-state index in [1.807, 2.05) is 13.8 Å². The Bertz CT molecular complexity index is 352. The molecule has 0 saturated carbocycles. The minimum Gasteiger partial charge on any atom is -0.327 e. The van der Waals surface area contributed by atoms with Gasteiger partial charge in [-0.25, -0.2) is 0 Å². The molecule has 3 N–H and O–H groups in total. The molecule has 1 rings (SSSR count). The molecule has 0 saturated heterocycles. The topological polar surface area (TPSA) is 80.9 Å². The molecule has 1 unspecified atom stereocenters. The number of nitrogens with zero attached hydrogens (tertiary/aromatic N) is 2. The van der Waals surface area contributed by atoms with Crippen LogP contribution < -0.4 is 11.1 Å². The van der Waals surface area contributed by atoms with Gasteiger partial charge in [0.25, 0.3) is 0 Å². The second-order valence-corrected chi connectivity index (χ2v) is 4.29. The van der Waals surface area contributed by atoms with Crippen molar-refractivity contribution in [1.29, 1.82) is 0 Å². The van der Waals surface area contributed by atoms with Gasteiger partial charge in [-0.3, -0.25) is 4.79 Å². The Hall–Kier alpha value is -1.20. The van der Waals surface area contributed by atoms with Crippen LogP contribution in [-0.4, -0.2) is 22.1 Å². The average Bonchev–Trinajstić information content (AvgIpc) is 2.21. The van der Waals surface area contributed by atoms with E-state index in [-0.39, 0.29) is 29.4 Å². The Kier molecular flexibility index (Phi) is 4.64. The van der Waals surface area contributed by atoms with E-state index in [4.69, 9.17) is 17.3 Å². The minimum atomic E-state index is -0.169. The van der Waals surface area contributed by atoms with Gasteiger partial charge >= 0.3 is 0 Å². The molecule has 0 aliphatic heterocycles. The summed E-state index contributed by atoms with van der Waals surface area (Å²) in [5.41, 5.74) is 5.78. The van der Waals surface area contributed by atoms with Crippen LogP contribution in [0.1, 0.15) is 20.3 Å². The van der Waals surface area contributed by atoms with E-state index in [0.29, 0.717) is 5.82 Å². The fraction of sp³-hybridized carbons (Fsp3) is 0.500. The number of halogens is 1. The Morgan fingerprint density at radius 1 is 1.50 bits per heavy atom. The molecule has 1 atom stereocenters. The average molecular weight is 243 g/mol. The highest BCUT2D eigenvalue weighted by molar-refractivity contribution is 6.29. The number of amides is 1. The van der Waals surface area contributed by atoms with Crippen molar-refractivity contribution >= 4 is 23.3 Å². The van der Waals surface area contributed by atoms with Gasteiger partial charge in [0.2, 0.25) is 5.91 Å². The molecule has 0 aliphatic carbocycles. The van der Waals surface area contributed by atoms with E-state index in [1.165, 1.54) is 0 Å². The van der Waals surface area contributed by atoms with Crippen molar-refractivity contribution in [3.05, 3.63) is 17.3 Å². The zero-order valence-corrected chi connectivity index (χ0v) is 10.0. The molecule has 5 nitrogen and oxygen atoms in total. The molecule has 0 aromatic carbocycles. The quantitative estimate of drug-likeness (QED) is 0.837. The van der Waals surface area contributed by atoms with Crippen LogP contribution in [0.15, 0.2) is 12.1 Å². The first-order chi connectivity index (χ1) is 7.49. The first-order valence-corrected chi connectivity index (χ1v) is 5.41. The third kappa shape index (κ3) is 4.12. The van der Waals surface area contributed by atoms with Gasteiger partial charge in [0.05, 0.1) is 0 Å². The molecule has 0 bridgehead atoms. The molecular weight excluding hydrogens is 228 g/mol. The fourth-order valence-corrected chi connectivity index (χ4v) is 1.13. The number of hydrogen-bond acceptors (Lipinski definition) is 4.